The largest absolute Gasteiger partial charge is 0.390 e. The Morgan fingerprint density at radius 1 is 1.29 bits per heavy atom. The van der Waals surface area contributed by atoms with Crippen molar-refractivity contribution in [3.8, 4) is 0 Å². The fourth-order valence-electron chi connectivity index (χ4n) is 2.94. The van der Waals surface area contributed by atoms with Gasteiger partial charge in [0.2, 0.25) is 0 Å². The summed E-state index contributed by atoms with van der Waals surface area (Å²) in [6, 6.07) is -0.204. The molecule has 3 nitrogen and oxygen atoms in total. The van der Waals surface area contributed by atoms with Crippen LogP contribution in [0, 0.1) is 0 Å². The predicted molar refractivity (Wildman–Crippen MR) is 78.5 cm³/mol. The summed E-state index contributed by atoms with van der Waals surface area (Å²) in [5.41, 5.74) is 0. The van der Waals surface area contributed by atoms with Crippen molar-refractivity contribution in [2.24, 2.45) is 0 Å². The van der Waals surface area contributed by atoms with Crippen LogP contribution in [0.5, 0.6) is 0 Å². The second kappa shape index (κ2) is 7.11. The average molecular weight is 324 g/mol. The van der Waals surface area contributed by atoms with Gasteiger partial charge in [0.25, 0.3) is 0 Å². The van der Waals surface area contributed by atoms with Gasteiger partial charge >= 0.3 is 12.2 Å². The smallest absolute Gasteiger partial charge is 0.335 e. The van der Waals surface area contributed by atoms with Crippen molar-refractivity contribution in [2.45, 2.75) is 68.5 Å². The van der Waals surface area contributed by atoms with Crippen LogP contribution >= 0.6 is 11.8 Å². The molecule has 0 aromatic heterocycles. The second-order valence-corrected chi connectivity index (χ2v) is 7.10. The highest BCUT2D eigenvalue weighted by Gasteiger charge is 2.35. The molecule has 0 radical (unpaired) electrons. The van der Waals surface area contributed by atoms with Gasteiger partial charge in [-0.1, -0.05) is 0 Å². The van der Waals surface area contributed by atoms with Gasteiger partial charge in [-0.2, -0.15) is 24.9 Å². The molecule has 2 aliphatic carbocycles. The first-order valence-corrected chi connectivity index (χ1v) is 8.84. The van der Waals surface area contributed by atoms with Gasteiger partial charge in [-0.25, -0.2) is 4.79 Å². The van der Waals surface area contributed by atoms with Crippen molar-refractivity contribution in [1.82, 2.24) is 10.2 Å². The highest BCUT2D eigenvalue weighted by molar-refractivity contribution is 7.99. The van der Waals surface area contributed by atoms with Crippen LogP contribution < -0.4 is 5.32 Å². The van der Waals surface area contributed by atoms with Crippen molar-refractivity contribution in [1.29, 1.82) is 0 Å². The van der Waals surface area contributed by atoms with E-state index in [0.717, 1.165) is 38.5 Å². The molecule has 0 unspecified atom stereocenters. The van der Waals surface area contributed by atoms with Crippen molar-refractivity contribution in [2.75, 3.05) is 12.8 Å². The molecule has 0 aliphatic heterocycles. The van der Waals surface area contributed by atoms with E-state index in [9.17, 15) is 18.0 Å². The molecule has 2 rings (SSSR count). The molecule has 2 aliphatic rings. The summed E-state index contributed by atoms with van der Waals surface area (Å²) in [5.74, 6) is 0. The minimum atomic E-state index is -4.21. The van der Waals surface area contributed by atoms with Gasteiger partial charge in [0, 0.05) is 23.9 Å². The van der Waals surface area contributed by atoms with Crippen LogP contribution in [-0.2, 0) is 0 Å². The number of thioether (sulfide) groups is 1. The maximum Gasteiger partial charge on any atom is 0.390 e. The third-order valence-electron chi connectivity index (χ3n) is 4.46. The van der Waals surface area contributed by atoms with Gasteiger partial charge in [0.1, 0.15) is 0 Å². The maximum absolute atomic E-state index is 12.4. The van der Waals surface area contributed by atoms with Crippen LogP contribution in [-0.4, -0.2) is 47.2 Å². The van der Waals surface area contributed by atoms with E-state index in [1.165, 1.54) is 4.90 Å². The third-order valence-corrected chi connectivity index (χ3v) is 5.55. The number of urea groups is 1. The van der Waals surface area contributed by atoms with E-state index in [0.29, 0.717) is 5.25 Å². The Morgan fingerprint density at radius 2 is 2.00 bits per heavy atom. The molecule has 21 heavy (non-hydrogen) atoms. The van der Waals surface area contributed by atoms with Crippen LogP contribution in [0.1, 0.15) is 44.9 Å². The Morgan fingerprint density at radius 3 is 2.48 bits per heavy atom. The number of hydrogen-bond donors (Lipinski definition) is 1. The summed E-state index contributed by atoms with van der Waals surface area (Å²) in [6.07, 6.45) is 2.48. The summed E-state index contributed by atoms with van der Waals surface area (Å²) >= 11 is 1.79. The van der Waals surface area contributed by atoms with Gasteiger partial charge in [0.15, 0.2) is 0 Å². The average Bonchev–Trinajstić information content (AvgIpc) is 2.78. The van der Waals surface area contributed by atoms with Crippen molar-refractivity contribution < 1.29 is 18.0 Å². The molecule has 2 fully saturated rings. The molecule has 0 aromatic rings. The van der Waals surface area contributed by atoms with Gasteiger partial charge in [-0.15, -0.1) is 0 Å². The summed E-state index contributed by atoms with van der Waals surface area (Å²) in [6.45, 7) is -0.224. The molecule has 0 aromatic carbocycles. The number of alkyl halides is 3. The number of halogens is 3. The van der Waals surface area contributed by atoms with Gasteiger partial charge < -0.3 is 10.2 Å². The van der Waals surface area contributed by atoms with Crippen molar-refractivity contribution in [3.05, 3.63) is 0 Å². The fourth-order valence-corrected chi connectivity index (χ4v) is 3.73. The van der Waals surface area contributed by atoms with Gasteiger partial charge in [-0.05, 0) is 44.8 Å². The third kappa shape index (κ3) is 4.97. The molecule has 0 saturated heterocycles. The minimum absolute atomic E-state index is 0.00917. The van der Waals surface area contributed by atoms with E-state index in [1.807, 2.05) is 0 Å². The van der Waals surface area contributed by atoms with Crippen LogP contribution in [0.25, 0.3) is 0 Å². The van der Waals surface area contributed by atoms with Crippen LogP contribution in [0.15, 0.2) is 0 Å². The summed E-state index contributed by atoms with van der Waals surface area (Å²) < 4.78 is 37.2. The number of nitrogens with one attached hydrogen (secondary N) is 1. The predicted octanol–water partition coefficient (Wildman–Crippen LogP) is 3.79. The zero-order valence-electron chi connectivity index (χ0n) is 12.3. The van der Waals surface area contributed by atoms with E-state index < -0.39 is 12.6 Å². The van der Waals surface area contributed by atoms with E-state index >= 15 is 0 Å². The lowest BCUT2D eigenvalue weighted by atomic mass is 9.91. The summed E-state index contributed by atoms with van der Waals surface area (Å²) in [7, 11) is 0. The molecule has 2 amide bonds. The highest BCUT2D eigenvalue weighted by Crippen LogP contribution is 2.30. The van der Waals surface area contributed by atoms with E-state index in [2.05, 4.69) is 11.6 Å². The summed E-state index contributed by atoms with van der Waals surface area (Å²) in [5, 5.41) is 3.49. The lowest BCUT2D eigenvalue weighted by Gasteiger charge is -2.38. The number of carbonyl (C=O) groups excluding carboxylic acids is 1. The van der Waals surface area contributed by atoms with E-state index in [4.69, 9.17) is 0 Å². The molecule has 122 valence electrons. The van der Waals surface area contributed by atoms with E-state index in [1.54, 1.807) is 11.8 Å². The van der Waals surface area contributed by atoms with E-state index in [-0.39, 0.29) is 24.7 Å². The lowest BCUT2D eigenvalue weighted by molar-refractivity contribution is -0.137. The van der Waals surface area contributed by atoms with Crippen molar-refractivity contribution >= 4 is 17.8 Å². The zero-order valence-corrected chi connectivity index (χ0v) is 13.1. The summed E-state index contributed by atoms with van der Waals surface area (Å²) in [4.78, 5) is 13.7. The molecule has 7 heteroatoms. The van der Waals surface area contributed by atoms with Gasteiger partial charge in [-0.3, -0.25) is 0 Å². The molecule has 0 heterocycles. The molecular formula is C14H23F3N2OS. The Hall–Kier alpha value is -0.590. The number of nitrogens with zero attached hydrogens (tertiary/aromatic N) is 1. The van der Waals surface area contributed by atoms with Crippen LogP contribution in [0.3, 0.4) is 0 Å². The first-order valence-electron chi connectivity index (χ1n) is 7.55. The molecule has 2 saturated carbocycles. The molecule has 2 atom stereocenters. The topological polar surface area (TPSA) is 32.3 Å². The first-order chi connectivity index (χ1) is 9.89. The molecule has 0 bridgehead atoms. The van der Waals surface area contributed by atoms with Gasteiger partial charge in [0.05, 0.1) is 6.42 Å². The molecule has 1 N–H and O–H groups in total. The van der Waals surface area contributed by atoms with Crippen LogP contribution in [0.4, 0.5) is 18.0 Å². The monoisotopic (exact) mass is 324 g/mol. The normalized spacial score (nSPS) is 26.5. The number of carbonyl (C=O) groups is 1. The molecular weight excluding hydrogens is 301 g/mol. The zero-order chi connectivity index (χ0) is 15.5. The first kappa shape index (κ1) is 16.8. The number of rotatable bonds is 5. The Kier molecular flexibility index (Phi) is 5.68. The van der Waals surface area contributed by atoms with Crippen molar-refractivity contribution in [3.63, 3.8) is 0 Å². The fraction of sp³-hybridized carbons (Fsp3) is 0.929. The Balaban J connectivity index is 1.85. The maximum atomic E-state index is 12.4. The Labute approximate surface area is 128 Å². The Bertz CT molecular complexity index is 361. The number of hydrogen-bond acceptors (Lipinski definition) is 2. The molecule has 0 spiro atoms. The van der Waals surface area contributed by atoms with Crippen LogP contribution in [0.2, 0.25) is 0 Å². The minimum Gasteiger partial charge on any atom is -0.335 e. The number of amides is 2. The standard InChI is InChI=1S/C14H23F3N2OS/c1-21-12-6-5-10(9-12)18-13(20)19(11-3-2-4-11)8-7-14(15,16)17/h10-12H,2-9H2,1H3,(H,18,20)/t10-,12+/m1/s1. The lowest BCUT2D eigenvalue weighted by Crippen LogP contribution is -2.52. The second-order valence-electron chi connectivity index (χ2n) is 5.96. The highest BCUT2D eigenvalue weighted by atomic mass is 32.2. The quantitative estimate of drug-likeness (QED) is 0.834. The SMILES string of the molecule is CS[C@H]1CC[C@@H](NC(=O)N(CCC(F)(F)F)C2CCC2)C1.